The fourth-order valence-electron chi connectivity index (χ4n) is 5.01. The highest BCUT2D eigenvalue weighted by atomic mass is 35.5. The van der Waals surface area contributed by atoms with Crippen LogP contribution in [0, 0.1) is 5.82 Å². The van der Waals surface area contributed by atoms with Crippen LogP contribution < -0.4 is 9.64 Å². The molecule has 2 aliphatic rings. The number of thioether (sulfide) groups is 1. The fourth-order valence-corrected chi connectivity index (χ4v) is 6.37. The van der Waals surface area contributed by atoms with Gasteiger partial charge in [-0.15, -0.1) is 0 Å². The van der Waals surface area contributed by atoms with Crippen LogP contribution in [0.3, 0.4) is 0 Å². The summed E-state index contributed by atoms with van der Waals surface area (Å²) in [5.74, 6) is 0.283. The first-order valence-electron chi connectivity index (χ1n) is 12.1. The Balaban J connectivity index is 1.48. The molecule has 1 aliphatic carbocycles. The highest BCUT2D eigenvalue weighted by Crippen LogP contribution is 2.48. The van der Waals surface area contributed by atoms with E-state index in [2.05, 4.69) is 18.2 Å². The Morgan fingerprint density at radius 1 is 0.865 bits per heavy atom. The molecule has 0 N–H and O–H groups in total. The van der Waals surface area contributed by atoms with Gasteiger partial charge in [-0.3, -0.25) is 9.69 Å². The number of rotatable bonds is 6. The predicted molar refractivity (Wildman–Crippen MR) is 148 cm³/mol. The number of carbonyl (C=O) groups excluding carboxylic acids is 1. The van der Waals surface area contributed by atoms with Gasteiger partial charge in [0.05, 0.1) is 0 Å². The molecule has 6 rings (SSSR count). The molecule has 0 radical (unpaired) electrons. The zero-order valence-electron chi connectivity index (χ0n) is 19.8. The van der Waals surface area contributed by atoms with Crippen LogP contribution in [0.5, 0.6) is 5.75 Å². The second-order valence-electron chi connectivity index (χ2n) is 9.05. The third-order valence-electron chi connectivity index (χ3n) is 6.75. The van der Waals surface area contributed by atoms with Crippen LogP contribution in [-0.4, -0.2) is 18.1 Å². The van der Waals surface area contributed by atoms with E-state index in [0.717, 1.165) is 39.5 Å². The zero-order valence-corrected chi connectivity index (χ0v) is 21.4. The first kappa shape index (κ1) is 23.8. The molecule has 0 spiro atoms. The SMILES string of the molecule is O=C1C(Oc2ccccc2)C(C2=C(Sc3ccc(F)cc3)c3ccccc3CC2)N1c1cccc(Cl)c1. The molecule has 0 aromatic heterocycles. The number of β-lactam (4-membered cyclic amide) rings is 1. The molecular formula is C31H23ClFNO2S. The smallest absolute Gasteiger partial charge is 0.271 e. The molecule has 1 saturated heterocycles. The Bertz CT molecular complexity index is 1490. The second kappa shape index (κ2) is 10.1. The standard InChI is InChI=1S/C31H23ClFNO2S/c32-21-8-6-9-23(19-21)34-28(29(31(34)35)36-24-10-2-1-3-11-24)27-18-13-20-7-4-5-12-26(20)30(27)37-25-16-14-22(33)15-17-25/h1-12,14-17,19,28-29H,13,18H2. The van der Waals surface area contributed by atoms with Gasteiger partial charge in [-0.1, -0.05) is 71.9 Å². The Morgan fingerprint density at radius 2 is 1.62 bits per heavy atom. The largest absolute Gasteiger partial charge is 0.478 e. The van der Waals surface area contributed by atoms with Gasteiger partial charge in [-0.05, 0) is 84.1 Å². The van der Waals surface area contributed by atoms with Crippen molar-refractivity contribution in [3.8, 4) is 5.75 Å². The third kappa shape index (κ3) is 4.65. The lowest BCUT2D eigenvalue weighted by Crippen LogP contribution is -2.68. The number of ether oxygens (including phenoxy) is 1. The minimum absolute atomic E-state index is 0.103. The van der Waals surface area contributed by atoms with Gasteiger partial charge in [0.25, 0.3) is 5.91 Å². The van der Waals surface area contributed by atoms with Crippen molar-refractivity contribution in [1.29, 1.82) is 0 Å². The predicted octanol–water partition coefficient (Wildman–Crippen LogP) is 7.79. The summed E-state index contributed by atoms with van der Waals surface area (Å²) in [5.41, 5.74) is 4.28. The first-order valence-corrected chi connectivity index (χ1v) is 13.3. The third-order valence-corrected chi connectivity index (χ3v) is 8.18. The van der Waals surface area contributed by atoms with Gasteiger partial charge in [0.2, 0.25) is 6.10 Å². The lowest BCUT2D eigenvalue weighted by Gasteiger charge is -2.49. The number of para-hydroxylation sites is 1. The molecule has 37 heavy (non-hydrogen) atoms. The van der Waals surface area contributed by atoms with Gasteiger partial charge in [0.1, 0.15) is 17.6 Å². The molecule has 4 aromatic carbocycles. The minimum Gasteiger partial charge on any atom is -0.478 e. The number of nitrogens with zero attached hydrogens (tertiary/aromatic N) is 1. The van der Waals surface area contributed by atoms with Crippen molar-refractivity contribution in [1.82, 2.24) is 0 Å². The number of amides is 1. The first-order chi connectivity index (χ1) is 18.1. The van der Waals surface area contributed by atoms with Crippen molar-refractivity contribution >= 4 is 39.9 Å². The van der Waals surface area contributed by atoms with E-state index in [1.54, 1.807) is 34.9 Å². The Hall–Kier alpha value is -3.54. The topological polar surface area (TPSA) is 29.5 Å². The van der Waals surface area contributed by atoms with Crippen LogP contribution in [0.15, 0.2) is 114 Å². The summed E-state index contributed by atoms with van der Waals surface area (Å²) < 4.78 is 19.9. The van der Waals surface area contributed by atoms with Gasteiger partial charge in [0.15, 0.2) is 0 Å². The number of fused-ring (bicyclic) bond motifs is 1. The van der Waals surface area contributed by atoms with E-state index in [4.69, 9.17) is 16.3 Å². The molecule has 0 bridgehead atoms. The molecule has 184 valence electrons. The molecule has 0 saturated carbocycles. The molecule has 2 atom stereocenters. The average Bonchev–Trinajstić information content (AvgIpc) is 2.92. The fraction of sp³-hybridized carbons (Fsp3) is 0.129. The maximum atomic E-state index is 13.7. The van der Waals surface area contributed by atoms with Gasteiger partial charge < -0.3 is 4.74 Å². The van der Waals surface area contributed by atoms with Crippen LogP contribution in [0.4, 0.5) is 10.1 Å². The van der Waals surface area contributed by atoms with E-state index in [-0.39, 0.29) is 17.8 Å². The van der Waals surface area contributed by atoms with Crippen molar-refractivity contribution in [2.75, 3.05) is 4.90 Å². The van der Waals surface area contributed by atoms with Gasteiger partial charge >= 0.3 is 0 Å². The number of hydrogen-bond donors (Lipinski definition) is 0. The summed E-state index contributed by atoms with van der Waals surface area (Å²) in [6.07, 6.45) is 0.987. The average molecular weight is 528 g/mol. The van der Waals surface area contributed by atoms with E-state index >= 15 is 0 Å². The molecule has 3 nitrogen and oxygen atoms in total. The van der Waals surface area contributed by atoms with E-state index < -0.39 is 6.10 Å². The Labute approximate surface area is 224 Å². The molecule has 6 heteroatoms. The Morgan fingerprint density at radius 3 is 2.41 bits per heavy atom. The Kier molecular flexibility index (Phi) is 6.49. The molecule has 4 aromatic rings. The number of hydrogen-bond acceptors (Lipinski definition) is 3. The maximum Gasteiger partial charge on any atom is 0.271 e. The highest BCUT2D eigenvalue weighted by Gasteiger charge is 2.53. The highest BCUT2D eigenvalue weighted by molar-refractivity contribution is 8.08. The van der Waals surface area contributed by atoms with Crippen molar-refractivity contribution in [3.05, 3.63) is 131 Å². The second-order valence-corrected chi connectivity index (χ2v) is 10.6. The summed E-state index contributed by atoms with van der Waals surface area (Å²) in [5, 5.41) is 0.570. The number of anilines is 1. The van der Waals surface area contributed by atoms with E-state index in [9.17, 15) is 9.18 Å². The van der Waals surface area contributed by atoms with Crippen LogP contribution in [0.2, 0.25) is 5.02 Å². The van der Waals surface area contributed by atoms with Gasteiger partial charge in [0, 0.05) is 20.5 Å². The number of carbonyl (C=O) groups is 1. The zero-order chi connectivity index (χ0) is 25.4. The van der Waals surface area contributed by atoms with Crippen molar-refractivity contribution in [2.45, 2.75) is 29.9 Å². The number of aryl methyl sites for hydroxylation is 1. The number of halogens is 2. The van der Waals surface area contributed by atoms with E-state index in [0.29, 0.717) is 10.8 Å². The van der Waals surface area contributed by atoms with Crippen molar-refractivity contribution in [3.63, 3.8) is 0 Å². The molecular weight excluding hydrogens is 505 g/mol. The number of benzene rings is 4. The quantitative estimate of drug-likeness (QED) is 0.240. The van der Waals surface area contributed by atoms with Crippen LogP contribution in [0.25, 0.3) is 4.91 Å². The van der Waals surface area contributed by atoms with Crippen LogP contribution >= 0.6 is 23.4 Å². The molecule has 1 heterocycles. The molecule has 1 amide bonds. The van der Waals surface area contributed by atoms with Crippen LogP contribution in [0.1, 0.15) is 17.5 Å². The van der Waals surface area contributed by atoms with Crippen molar-refractivity contribution in [2.24, 2.45) is 0 Å². The minimum atomic E-state index is -0.662. The molecule has 1 aliphatic heterocycles. The van der Waals surface area contributed by atoms with E-state index in [1.165, 1.54) is 17.7 Å². The van der Waals surface area contributed by atoms with Crippen molar-refractivity contribution < 1.29 is 13.9 Å². The maximum absolute atomic E-state index is 13.7. The summed E-state index contributed by atoms with van der Waals surface area (Å²) in [7, 11) is 0. The summed E-state index contributed by atoms with van der Waals surface area (Å²) in [6.45, 7) is 0. The molecule has 1 fully saturated rings. The normalized spacial score (nSPS) is 18.9. The summed E-state index contributed by atoms with van der Waals surface area (Å²) in [6, 6.07) is 31.4. The van der Waals surface area contributed by atoms with Gasteiger partial charge in [-0.25, -0.2) is 4.39 Å². The lowest BCUT2D eigenvalue weighted by atomic mass is 9.81. The summed E-state index contributed by atoms with van der Waals surface area (Å²) >= 11 is 7.92. The van der Waals surface area contributed by atoms with Crippen LogP contribution in [-0.2, 0) is 11.2 Å². The van der Waals surface area contributed by atoms with E-state index in [1.807, 2.05) is 54.6 Å². The van der Waals surface area contributed by atoms with Gasteiger partial charge in [-0.2, -0.15) is 0 Å². The monoisotopic (exact) mass is 527 g/mol. The lowest BCUT2D eigenvalue weighted by molar-refractivity contribution is -0.133. The molecule has 2 unspecified atom stereocenters. The summed E-state index contributed by atoms with van der Waals surface area (Å²) in [4.78, 5) is 17.4.